The molecule has 4 aromatic heterocycles. The van der Waals surface area contributed by atoms with Crippen LogP contribution in [0.3, 0.4) is 0 Å². The van der Waals surface area contributed by atoms with Gasteiger partial charge in [0.2, 0.25) is 0 Å². The number of fused-ring (bicyclic) bond motifs is 3. The lowest BCUT2D eigenvalue weighted by atomic mass is 10.0. The maximum atomic E-state index is 13.9. The molecule has 0 spiro atoms. The Bertz CT molecular complexity index is 2090. The van der Waals surface area contributed by atoms with Gasteiger partial charge in [0.25, 0.3) is 5.56 Å². The number of halogens is 1. The number of aromatic carboxylic acids is 1. The van der Waals surface area contributed by atoms with Crippen LogP contribution in [0.1, 0.15) is 28.2 Å². The minimum absolute atomic E-state index is 0.129. The van der Waals surface area contributed by atoms with E-state index in [0.29, 0.717) is 55.8 Å². The van der Waals surface area contributed by atoms with Crippen molar-refractivity contribution in [1.29, 1.82) is 5.26 Å². The SMILES string of the molecule is Cc1nc2cnc(N3CCN(C)C4CC43)c(C#N)c2c(=O)n1CCOc1ccc(Cl)cc1-c1ccnc2c(C(=O)O)csc12. The smallest absolute Gasteiger partial charge is 0.338 e. The summed E-state index contributed by atoms with van der Waals surface area (Å²) in [4.78, 5) is 43.5. The molecule has 7 rings (SSSR count). The van der Waals surface area contributed by atoms with Gasteiger partial charge < -0.3 is 14.7 Å². The number of thiophene rings is 1. The average Bonchev–Trinajstić information content (AvgIpc) is 3.70. The topological polar surface area (TPSA) is 137 Å². The van der Waals surface area contributed by atoms with E-state index in [2.05, 4.69) is 37.9 Å². The van der Waals surface area contributed by atoms with E-state index < -0.39 is 5.97 Å². The van der Waals surface area contributed by atoms with Gasteiger partial charge in [-0.05, 0) is 44.7 Å². The summed E-state index contributed by atoms with van der Waals surface area (Å²) in [6.45, 7) is 3.66. The first-order valence-electron chi connectivity index (χ1n) is 14.1. The molecule has 1 saturated carbocycles. The molecule has 5 aromatic rings. The number of carbonyl (C=O) groups is 1. The number of aryl methyl sites for hydroxylation is 1. The molecule has 2 atom stereocenters. The first kappa shape index (κ1) is 28.2. The van der Waals surface area contributed by atoms with Crippen molar-refractivity contribution in [3.05, 3.63) is 74.4 Å². The van der Waals surface area contributed by atoms with Gasteiger partial charge >= 0.3 is 5.97 Å². The van der Waals surface area contributed by atoms with E-state index in [4.69, 9.17) is 16.3 Å². The van der Waals surface area contributed by atoms with Crippen LogP contribution in [0.15, 0.2) is 46.8 Å². The van der Waals surface area contributed by atoms with Crippen LogP contribution in [0.4, 0.5) is 5.82 Å². The van der Waals surface area contributed by atoms with E-state index in [1.807, 2.05) is 0 Å². The Kier molecular flexibility index (Phi) is 6.96. The highest BCUT2D eigenvalue weighted by Crippen LogP contribution is 2.41. The fourth-order valence-electron chi connectivity index (χ4n) is 6.12. The number of rotatable bonds is 7. The number of pyridine rings is 2. The summed E-state index contributed by atoms with van der Waals surface area (Å²) in [5.41, 5.74) is 2.28. The number of aromatic nitrogens is 4. The van der Waals surface area contributed by atoms with Gasteiger partial charge in [-0.1, -0.05) is 11.6 Å². The second-order valence-electron chi connectivity index (χ2n) is 11.0. The van der Waals surface area contributed by atoms with E-state index in [9.17, 15) is 20.0 Å². The second kappa shape index (κ2) is 10.9. The number of carboxylic acids is 1. The molecular weight excluding hydrogens is 602 g/mol. The quantitative estimate of drug-likeness (QED) is 0.273. The monoisotopic (exact) mass is 627 g/mol. The van der Waals surface area contributed by atoms with E-state index in [0.717, 1.165) is 25.1 Å². The van der Waals surface area contributed by atoms with Crippen LogP contribution < -0.4 is 15.2 Å². The molecule has 1 N–H and O–H groups in total. The normalized spacial score (nSPS) is 17.9. The van der Waals surface area contributed by atoms with E-state index in [-0.39, 0.29) is 35.2 Å². The number of nitriles is 1. The molecule has 0 bridgehead atoms. The number of hydrogen-bond acceptors (Lipinski definition) is 10. The molecule has 5 heterocycles. The zero-order valence-corrected chi connectivity index (χ0v) is 25.4. The summed E-state index contributed by atoms with van der Waals surface area (Å²) >= 11 is 7.65. The van der Waals surface area contributed by atoms with Gasteiger partial charge in [-0.15, -0.1) is 11.3 Å². The van der Waals surface area contributed by atoms with Crippen molar-refractivity contribution < 1.29 is 14.6 Å². The van der Waals surface area contributed by atoms with Gasteiger partial charge in [-0.25, -0.2) is 14.8 Å². The summed E-state index contributed by atoms with van der Waals surface area (Å²) in [7, 11) is 2.11. The Morgan fingerprint density at radius 1 is 1.23 bits per heavy atom. The number of hydrogen-bond donors (Lipinski definition) is 1. The fourth-order valence-corrected chi connectivity index (χ4v) is 7.32. The predicted octanol–water partition coefficient (Wildman–Crippen LogP) is 4.57. The zero-order chi connectivity index (χ0) is 30.7. The molecule has 2 fully saturated rings. The minimum atomic E-state index is -1.05. The van der Waals surface area contributed by atoms with Gasteiger partial charge in [0, 0.05) is 52.9 Å². The van der Waals surface area contributed by atoms with Crippen molar-refractivity contribution in [3.63, 3.8) is 0 Å². The fraction of sp³-hybridized carbons (Fsp3) is 0.290. The molecule has 11 nitrogen and oxygen atoms in total. The highest BCUT2D eigenvalue weighted by molar-refractivity contribution is 7.18. The standard InChI is InChI=1S/C31H26ClN7O4S/c1-16-36-22-14-35-29(39-8-7-37(2)23-12-24(23)39)20(13-33)26(22)30(40)38(16)9-10-43-25-4-3-17(32)11-19(25)18-5-6-34-27-21(31(41)42)15-44-28(18)27/h3-6,11,14-15,23-24H,7-10,12H2,1-2H3,(H,41,42). The Hall–Kier alpha value is -4.57. The minimum Gasteiger partial charge on any atom is -0.491 e. The summed E-state index contributed by atoms with van der Waals surface area (Å²) in [6.07, 6.45) is 4.17. The summed E-state index contributed by atoms with van der Waals surface area (Å²) < 4.78 is 8.44. The number of benzene rings is 1. The van der Waals surface area contributed by atoms with Crippen LogP contribution in [-0.2, 0) is 6.54 Å². The molecule has 1 aromatic carbocycles. The highest BCUT2D eigenvalue weighted by atomic mass is 35.5. The van der Waals surface area contributed by atoms with Gasteiger partial charge in [0.15, 0.2) is 0 Å². The number of ether oxygens (including phenoxy) is 1. The lowest BCUT2D eigenvalue weighted by Crippen LogP contribution is -2.45. The maximum absolute atomic E-state index is 13.9. The first-order valence-corrected chi connectivity index (χ1v) is 15.3. The third-order valence-electron chi connectivity index (χ3n) is 8.43. The summed E-state index contributed by atoms with van der Waals surface area (Å²) in [5, 5.41) is 22.1. The number of likely N-dealkylation sites (N-methyl/N-ethyl adjacent to an activating group) is 1. The largest absolute Gasteiger partial charge is 0.491 e. The van der Waals surface area contributed by atoms with Gasteiger partial charge in [-0.3, -0.25) is 19.2 Å². The van der Waals surface area contributed by atoms with Crippen molar-refractivity contribution >= 4 is 55.8 Å². The van der Waals surface area contributed by atoms with Crippen molar-refractivity contribution in [2.45, 2.75) is 32.0 Å². The Labute approximate surface area is 260 Å². The number of anilines is 1. The summed E-state index contributed by atoms with van der Waals surface area (Å²) in [5.74, 6) is 0.500. The van der Waals surface area contributed by atoms with Crippen LogP contribution in [-0.4, -0.2) is 74.3 Å². The molecule has 222 valence electrons. The lowest BCUT2D eigenvalue weighted by molar-refractivity contribution is 0.0699. The lowest BCUT2D eigenvalue weighted by Gasteiger charge is -2.33. The molecule has 1 aliphatic carbocycles. The van der Waals surface area contributed by atoms with Crippen molar-refractivity contribution in [2.75, 3.05) is 31.6 Å². The number of piperazine rings is 1. The third-order valence-corrected chi connectivity index (χ3v) is 9.67. The van der Waals surface area contributed by atoms with E-state index in [1.165, 1.54) is 15.9 Å². The molecule has 2 unspecified atom stereocenters. The molecule has 0 radical (unpaired) electrons. The van der Waals surface area contributed by atoms with Crippen molar-refractivity contribution in [3.8, 4) is 22.9 Å². The number of nitrogens with zero attached hydrogens (tertiary/aromatic N) is 7. The molecule has 0 amide bonds. The van der Waals surface area contributed by atoms with Crippen LogP contribution in [0.5, 0.6) is 5.75 Å². The molecule has 13 heteroatoms. The van der Waals surface area contributed by atoms with Crippen molar-refractivity contribution in [1.82, 2.24) is 24.4 Å². The van der Waals surface area contributed by atoms with Gasteiger partial charge in [-0.2, -0.15) is 5.26 Å². The van der Waals surface area contributed by atoms with Crippen LogP contribution in [0.2, 0.25) is 5.02 Å². The Morgan fingerprint density at radius 2 is 2.07 bits per heavy atom. The third kappa shape index (κ3) is 4.64. The molecule has 44 heavy (non-hydrogen) atoms. The first-order chi connectivity index (χ1) is 21.3. The Morgan fingerprint density at radius 3 is 2.86 bits per heavy atom. The summed E-state index contributed by atoms with van der Waals surface area (Å²) in [6, 6.07) is 10.0. The highest BCUT2D eigenvalue weighted by Gasteiger charge is 2.48. The molecular formula is C31H26ClN7O4S. The van der Waals surface area contributed by atoms with Gasteiger partial charge in [0.1, 0.15) is 35.6 Å². The zero-order valence-electron chi connectivity index (χ0n) is 23.8. The molecule has 2 aliphatic rings. The average molecular weight is 628 g/mol. The molecule has 1 aliphatic heterocycles. The second-order valence-corrected chi connectivity index (χ2v) is 12.3. The van der Waals surface area contributed by atoms with Crippen LogP contribution in [0, 0.1) is 18.3 Å². The van der Waals surface area contributed by atoms with Crippen molar-refractivity contribution in [2.24, 2.45) is 0 Å². The predicted molar refractivity (Wildman–Crippen MR) is 168 cm³/mol. The maximum Gasteiger partial charge on any atom is 0.338 e. The Balaban J connectivity index is 1.20. The van der Waals surface area contributed by atoms with Crippen LogP contribution >= 0.6 is 22.9 Å². The van der Waals surface area contributed by atoms with E-state index in [1.54, 1.807) is 49.0 Å². The molecule has 1 saturated heterocycles. The number of carboxylic acid groups (broad SMARTS) is 1. The van der Waals surface area contributed by atoms with Gasteiger partial charge in [0.05, 0.1) is 39.4 Å². The van der Waals surface area contributed by atoms with Crippen LogP contribution in [0.25, 0.3) is 32.2 Å². The van der Waals surface area contributed by atoms with E-state index >= 15 is 0 Å².